The van der Waals surface area contributed by atoms with E-state index in [1.54, 1.807) is 0 Å². The van der Waals surface area contributed by atoms with Crippen molar-refractivity contribution >= 4 is 11.6 Å². The van der Waals surface area contributed by atoms with E-state index >= 15 is 0 Å². The zero-order valence-electron chi connectivity index (χ0n) is 15.6. The summed E-state index contributed by atoms with van der Waals surface area (Å²) in [6.45, 7) is 0. The normalized spacial score (nSPS) is 12.0. The van der Waals surface area contributed by atoms with Gasteiger partial charge >= 0.3 is 0 Å². The maximum Gasteiger partial charge on any atom is 0.194 e. The zero-order valence-corrected chi connectivity index (χ0v) is 15.6. The van der Waals surface area contributed by atoms with Crippen LogP contribution in [0.2, 0.25) is 0 Å². The molecule has 0 saturated heterocycles. The Morgan fingerprint density at radius 1 is 0.310 bits per heavy atom. The van der Waals surface area contributed by atoms with Gasteiger partial charge in [-0.2, -0.15) is 0 Å². The van der Waals surface area contributed by atoms with Gasteiger partial charge in [0.1, 0.15) is 0 Å². The van der Waals surface area contributed by atoms with Crippen LogP contribution in [0.1, 0.15) is 31.8 Å². The Bertz CT molecular complexity index is 1060. The molecule has 3 nitrogen and oxygen atoms in total. The first-order valence-corrected chi connectivity index (χ1v) is 9.22. The van der Waals surface area contributed by atoms with E-state index in [2.05, 4.69) is 0 Å². The molecule has 2 aliphatic rings. The lowest BCUT2D eigenvalue weighted by atomic mass is 10.1. The van der Waals surface area contributed by atoms with Crippen molar-refractivity contribution in [2.45, 2.75) is 0 Å². The maximum absolute atomic E-state index is 11.9. The topological polar surface area (TPSA) is 65.6 Å². The van der Waals surface area contributed by atoms with Gasteiger partial charge in [0.2, 0.25) is 0 Å². The van der Waals surface area contributed by atoms with E-state index in [1.165, 1.54) is 0 Å². The second kappa shape index (κ2) is 7.30. The summed E-state index contributed by atoms with van der Waals surface area (Å²) in [5, 5.41) is 0. The molecule has 0 aliphatic heterocycles. The molecule has 0 radical (unpaired) electrons. The highest BCUT2D eigenvalue weighted by Gasteiger charge is 2.25. The highest BCUT2D eigenvalue weighted by molar-refractivity contribution is 6.22. The smallest absolute Gasteiger partial charge is 0.194 e. The van der Waals surface area contributed by atoms with Crippen LogP contribution in [0.3, 0.4) is 0 Å². The van der Waals surface area contributed by atoms with Gasteiger partial charge < -0.3 is 5.48 Å². The lowest BCUT2D eigenvalue weighted by Crippen LogP contribution is -1.93. The lowest BCUT2D eigenvalue weighted by molar-refractivity contribution is 0.103. The van der Waals surface area contributed by atoms with Gasteiger partial charge in [0.25, 0.3) is 0 Å². The third kappa shape index (κ3) is 2.89. The molecular formula is C26H18O3. The fourth-order valence-electron chi connectivity index (χ4n) is 3.95. The van der Waals surface area contributed by atoms with E-state index in [-0.39, 0.29) is 17.0 Å². The minimum absolute atomic E-state index is 0. The molecule has 0 atom stereocenters. The Kier molecular flexibility index (Phi) is 4.67. The van der Waals surface area contributed by atoms with Crippen molar-refractivity contribution in [3.8, 4) is 22.3 Å². The summed E-state index contributed by atoms with van der Waals surface area (Å²) < 4.78 is 0. The van der Waals surface area contributed by atoms with Gasteiger partial charge in [-0.3, -0.25) is 9.59 Å². The predicted molar refractivity (Wildman–Crippen MR) is 114 cm³/mol. The Balaban J connectivity index is 0.000000137. The molecule has 29 heavy (non-hydrogen) atoms. The third-order valence-electron chi connectivity index (χ3n) is 5.27. The second-order valence-electron chi connectivity index (χ2n) is 6.84. The minimum Gasteiger partial charge on any atom is -0.412 e. The first kappa shape index (κ1) is 18.5. The molecule has 0 unspecified atom stereocenters. The number of hydrogen-bond acceptors (Lipinski definition) is 2. The summed E-state index contributed by atoms with van der Waals surface area (Å²) in [5.74, 6) is 0.299. The Labute approximate surface area is 168 Å². The van der Waals surface area contributed by atoms with Crippen LogP contribution in [0.5, 0.6) is 0 Å². The molecule has 4 aromatic carbocycles. The monoisotopic (exact) mass is 378 g/mol. The Morgan fingerprint density at radius 2 is 0.483 bits per heavy atom. The number of carbonyl (C=O) groups excluding carboxylic acids is 2. The van der Waals surface area contributed by atoms with Crippen molar-refractivity contribution in [3.63, 3.8) is 0 Å². The molecule has 2 N–H and O–H groups in total. The van der Waals surface area contributed by atoms with E-state index in [4.69, 9.17) is 0 Å². The molecule has 6 rings (SSSR count). The van der Waals surface area contributed by atoms with Crippen LogP contribution < -0.4 is 0 Å². The molecule has 0 fully saturated rings. The number of hydrogen-bond donors (Lipinski definition) is 0. The van der Waals surface area contributed by atoms with Crippen LogP contribution in [-0.2, 0) is 0 Å². The highest BCUT2D eigenvalue weighted by Crippen LogP contribution is 2.36. The molecule has 0 aromatic heterocycles. The molecule has 0 bridgehead atoms. The van der Waals surface area contributed by atoms with Crippen molar-refractivity contribution in [3.05, 3.63) is 119 Å². The largest absolute Gasteiger partial charge is 0.412 e. The van der Waals surface area contributed by atoms with Crippen LogP contribution in [0.25, 0.3) is 22.3 Å². The number of rotatable bonds is 0. The number of benzene rings is 4. The maximum atomic E-state index is 11.9. The minimum atomic E-state index is 0. The van der Waals surface area contributed by atoms with Crippen LogP contribution in [0.15, 0.2) is 97.1 Å². The zero-order chi connectivity index (χ0) is 19.1. The Morgan fingerprint density at radius 3 is 0.690 bits per heavy atom. The van der Waals surface area contributed by atoms with Gasteiger partial charge in [-0.15, -0.1) is 0 Å². The Hall–Kier alpha value is -3.82. The first-order valence-electron chi connectivity index (χ1n) is 9.22. The van der Waals surface area contributed by atoms with E-state index in [9.17, 15) is 9.59 Å². The first-order chi connectivity index (χ1) is 13.8. The highest BCUT2D eigenvalue weighted by atomic mass is 16.1. The van der Waals surface area contributed by atoms with Gasteiger partial charge in [-0.1, -0.05) is 97.1 Å². The lowest BCUT2D eigenvalue weighted by Gasteiger charge is -1.96. The van der Waals surface area contributed by atoms with Crippen molar-refractivity contribution in [2.75, 3.05) is 0 Å². The van der Waals surface area contributed by atoms with Crippen molar-refractivity contribution in [1.82, 2.24) is 0 Å². The standard InChI is InChI=1S/2C13H8O.H2O/c2*14-13-11-7-3-1-5-9(11)10-6-2-4-8-12(10)13;/h2*1-8H;1H2. The van der Waals surface area contributed by atoms with Gasteiger partial charge in [0.05, 0.1) is 0 Å². The summed E-state index contributed by atoms with van der Waals surface area (Å²) in [4.78, 5) is 23.8. The van der Waals surface area contributed by atoms with Crippen LogP contribution >= 0.6 is 0 Å². The van der Waals surface area contributed by atoms with E-state index in [0.717, 1.165) is 44.5 Å². The number of carbonyl (C=O) groups is 2. The molecule has 140 valence electrons. The SMILES string of the molecule is O.O=C1c2ccccc2-c2ccccc21.O=C1c2ccccc2-c2ccccc21. The van der Waals surface area contributed by atoms with Gasteiger partial charge in [-0.05, 0) is 22.3 Å². The molecule has 0 heterocycles. The van der Waals surface area contributed by atoms with E-state index in [0.29, 0.717) is 0 Å². The van der Waals surface area contributed by atoms with E-state index < -0.39 is 0 Å². The molecule has 0 amide bonds. The second-order valence-corrected chi connectivity index (χ2v) is 6.84. The fourth-order valence-corrected chi connectivity index (χ4v) is 3.95. The van der Waals surface area contributed by atoms with E-state index in [1.807, 2.05) is 97.1 Å². The predicted octanol–water partition coefficient (Wildman–Crippen LogP) is 4.97. The molecule has 3 heteroatoms. The molecule has 2 aliphatic carbocycles. The van der Waals surface area contributed by atoms with Gasteiger partial charge in [-0.25, -0.2) is 0 Å². The molecule has 4 aromatic rings. The van der Waals surface area contributed by atoms with Crippen LogP contribution in [0, 0.1) is 0 Å². The summed E-state index contributed by atoms with van der Waals surface area (Å²) in [5.41, 5.74) is 7.56. The summed E-state index contributed by atoms with van der Waals surface area (Å²) >= 11 is 0. The molecular weight excluding hydrogens is 360 g/mol. The van der Waals surface area contributed by atoms with Crippen LogP contribution in [0.4, 0.5) is 0 Å². The number of ketones is 2. The average molecular weight is 378 g/mol. The fraction of sp³-hybridized carbons (Fsp3) is 0. The van der Waals surface area contributed by atoms with Crippen molar-refractivity contribution < 1.29 is 15.1 Å². The quantitative estimate of drug-likeness (QED) is 0.374. The van der Waals surface area contributed by atoms with Gasteiger partial charge in [0, 0.05) is 22.3 Å². The van der Waals surface area contributed by atoms with Gasteiger partial charge in [0.15, 0.2) is 11.6 Å². The third-order valence-corrected chi connectivity index (χ3v) is 5.27. The molecule has 0 saturated carbocycles. The molecule has 0 spiro atoms. The average Bonchev–Trinajstić information content (AvgIpc) is 3.22. The summed E-state index contributed by atoms with van der Waals surface area (Å²) in [6, 6.07) is 31.0. The van der Waals surface area contributed by atoms with Crippen LogP contribution in [-0.4, -0.2) is 17.0 Å². The van der Waals surface area contributed by atoms with Crippen molar-refractivity contribution in [1.29, 1.82) is 0 Å². The number of fused-ring (bicyclic) bond motifs is 6. The van der Waals surface area contributed by atoms with Crippen molar-refractivity contribution in [2.24, 2.45) is 0 Å². The summed E-state index contributed by atoms with van der Waals surface area (Å²) in [7, 11) is 0. The summed E-state index contributed by atoms with van der Waals surface area (Å²) in [6.07, 6.45) is 0.